The van der Waals surface area contributed by atoms with Crippen molar-refractivity contribution in [3.05, 3.63) is 34.9 Å². The van der Waals surface area contributed by atoms with Crippen molar-refractivity contribution in [2.75, 3.05) is 0 Å². The van der Waals surface area contributed by atoms with Crippen LogP contribution in [0.15, 0.2) is 18.2 Å². The molecule has 0 bridgehead atoms. The van der Waals surface area contributed by atoms with E-state index >= 15 is 0 Å². The molecule has 0 atom stereocenters. The Morgan fingerprint density at radius 3 is 2.38 bits per heavy atom. The molecule has 0 nitrogen and oxygen atoms in total. The zero-order valence-corrected chi connectivity index (χ0v) is 10.1. The summed E-state index contributed by atoms with van der Waals surface area (Å²) in [5.41, 5.74) is 1.95. The first-order valence-corrected chi connectivity index (χ1v) is 5.91. The van der Waals surface area contributed by atoms with E-state index in [0.29, 0.717) is 24.3 Å². The van der Waals surface area contributed by atoms with Gasteiger partial charge in [-0.2, -0.15) is 0 Å². The summed E-state index contributed by atoms with van der Waals surface area (Å²) in [5.74, 6) is -2.75. The summed E-state index contributed by atoms with van der Waals surface area (Å²) < 4.78 is 28.1. The van der Waals surface area contributed by atoms with E-state index in [1.807, 2.05) is 26.0 Å². The minimum Gasteiger partial charge on any atom is -0.201 e. The molecule has 0 unspecified atom stereocenters. The molecule has 1 aromatic carbocycles. The number of benzene rings is 1. The summed E-state index contributed by atoms with van der Waals surface area (Å²) in [4.78, 5) is 0. The van der Waals surface area contributed by atoms with Crippen molar-refractivity contribution >= 4 is 0 Å². The summed E-state index contributed by atoms with van der Waals surface area (Å²) in [6, 6.07) is 5.46. The summed E-state index contributed by atoms with van der Waals surface area (Å²) in [5, 5.41) is 0. The normalized spacial score (nSPS) is 16.9. The van der Waals surface area contributed by atoms with Crippen LogP contribution in [-0.4, -0.2) is 0 Å². The largest absolute Gasteiger partial charge is 0.276 e. The summed E-state index contributed by atoms with van der Waals surface area (Å²) in [7, 11) is 0. The van der Waals surface area contributed by atoms with Gasteiger partial charge >= 0.3 is 0 Å². The van der Waals surface area contributed by atoms with Crippen LogP contribution in [-0.2, 0) is 5.92 Å². The van der Waals surface area contributed by atoms with E-state index in [2.05, 4.69) is 0 Å². The molecule has 1 saturated carbocycles. The van der Waals surface area contributed by atoms with Crippen molar-refractivity contribution in [3.8, 4) is 0 Å². The van der Waals surface area contributed by atoms with Crippen LogP contribution in [0.5, 0.6) is 0 Å². The van der Waals surface area contributed by atoms with Gasteiger partial charge in [-0.15, -0.1) is 0 Å². The standard InChI is InChI=1S/C14H18F2/c1-9(2)11-5-4-10(3)13(8-11)14(15,16)12-6-7-12/h4-5,8-9,12H,6-7H2,1-3H3. The van der Waals surface area contributed by atoms with E-state index in [-0.39, 0.29) is 5.56 Å². The van der Waals surface area contributed by atoms with Crippen LogP contribution in [0.1, 0.15) is 49.3 Å². The zero-order valence-electron chi connectivity index (χ0n) is 10.1. The van der Waals surface area contributed by atoms with Crippen molar-refractivity contribution in [1.29, 1.82) is 0 Å². The van der Waals surface area contributed by atoms with Gasteiger partial charge < -0.3 is 0 Å². The van der Waals surface area contributed by atoms with Gasteiger partial charge in [-0.3, -0.25) is 0 Å². The lowest BCUT2D eigenvalue weighted by molar-refractivity contribution is -0.0292. The van der Waals surface area contributed by atoms with Crippen LogP contribution >= 0.6 is 0 Å². The molecule has 1 fully saturated rings. The van der Waals surface area contributed by atoms with Crippen LogP contribution in [0.4, 0.5) is 8.78 Å². The smallest absolute Gasteiger partial charge is 0.201 e. The number of hydrogen-bond acceptors (Lipinski definition) is 0. The highest BCUT2D eigenvalue weighted by molar-refractivity contribution is 5.36. The van der Waals surface area contributed by atoms with E-state index in [0.717, 1.165) is 5.56 Å². The Kier molecular flexibility index (Phi) is 2.77. The Morgan fingerprint density at radius 2 is 1.88 bits per heavy atom. The highest BCUT2D eigenvalue weighted by atomic mass is 19.3. The fraction of sp³-hybridized carbons (Fsp3) is 0.571. The Balaban J connectivity index is 2.42. The molecule has 2 heteroatoms. The highest BCUT2D eigenvalue weighted by Gasteiger charge is 2.48. The fourth-order valence-electron chi connectivity index (χ4n) is 2.02. The molecule has 1 aliphatic carbocycles. The lowest BCUT2D eigenvalue weighted by atomic mass is 9.93. The van der Waals surface area contributed by atoms with Crippen molar-refractivity contribution < 1.29 is 8.78 Å². The van der Waals surface area contributed by atoms with Crippen molar-refractivity contribution in [2.45, 2.75) is 45.5 Å². The average molecular weight is 224 g/mol. The molecule has 0 radical (unpaired) electrons. The van der Waals surface area contributed by atoms with Gasteiger partial charge in [0.15, 0.2) is 0 Å². The third kappa shape index (κ3) is 1.98. The van der Waals surface area contributed by atoms with E-state index in [9.17, 15) is 8.78 Å². The quantitative estimate of drug-likeness (QED) is 0.702. The predicted octanol–water partition coefficient (Wildman–Crippen LogP) is 4.62. The topological polar surface area (TPSA) is 0 Å². The summed E-state index contributed by atoms with van der Waals surface area (Å²) in [6.45, 7) is 5.84. The number of alkyl halides is 2. The van der Waals surface area contributed by atoms with E-state index in [4.69, 9.17) is 0 Å². The van der Waals surface area contributed by atoms with E-state index in [1.165, 1.54) is 0 Å². The molecule has 0 saturated heterocycles. The second kappa shape index (κ2) is 3.83. The Labute approximate surface area is 95.7 Å². The summed E-state index contributed by atoms with van der Waals surface area (Å²) >= 11 is 0. The first kappa shape index (κ1) is 11.6. The monoisotopic (exact) mass is 224 g/mol. The molecule has 0 aromatic heterocycles. The lowest BCUT2D eigenvalue weighted by Gasteiger charge is -2.20. The molecule has 88 valence electrons. The molecule has 16 heavy (non-hydrogen) atoms. The zero-order chi connectivity index (χ0) is 11.9. The first-order valence-electron chi connectivity index (χ1n) is 5.91. The lowest BCUT2D eigenvalue weighted by Crippen LogP contribution is -2.18. The second-order valence-corrected chi connectivity index (χ2v) is 5.13. The van der Waals surface area contributed by atoms with Gasteiger partial charge in [0.2, 0.25) is 0 Å². The van der Waals surface area contributed by atoms with Crippen molar-refractivity contribution in [3.63, 3.8) is 0 Å². The third-order valence-corrected chi connectivity index (χ3v) is 3.38. The Bertz CT molecular complexity index is 390. The maximum atomic E-state index is 14.0. The molecule has 0 N–H and O–H groups in total. The molecule has 1 aliphatic rings. The van der Waals surface area contributed by atoms with Gasteiger partial charge in [0.05, 0.1) is 0 Å². The molecule has 0 aliphatic heterocycles. The maximum Gasteiger partial charge on any atom is 0.276 e. The van der Waals surface area contributed by atoms with Gasteiger partial charge in [0.25, 0.3) is 5.92 Å². The molecular weight excluding hydrogens is 206 g/mol. The van der Waals surface area contributed by atoms with Gasteiger partial charge in [0, 0.05) is 11.5 Å². The van der Waals surface area contributed by atoms with E-state index in [1.54, 1.807) is 13.0 Å². The van der Waals surface area contributed by atoms with Gasteiger partial charge in [-0.05, 0) is 42.9 Å². The molecular formula is C14H18F2. The first-order chi connectivity index (χ1) is 7.43. The van der Waals surface area contributed by atoms with Gasteiger partial charge in [0.1, 0.15) is 0 Å². The number of rotatable bonds is 3. The van der Waals surface area contributed by atoms with Crippen LogP contribution in [0, 0.1) is 12.8 Å². The highest BCUT2D eigenvalue weighted by Crippen LogP contribution is 2.50. The molecule has 1 aromatic rings. The minimum atomic E-state index is -2.63. The summed E-state index contributed by atoms with van der Waals surface area (Å²) in [6.07, 6.45) is 1.33. The number of hydrogen-bond donors (Lipinski definition) is 0. The van der Waals surface area contributed by atoms with Crippen LogP contribution in [0.3, 0.4) is 0 Å². The molecule has 0 heterocycles. The van der Waals surface area contributed by atoms with Crippen molar-refractivity contribution in [1.82, 2.24) is 0 Å². The van der Waals surface area contributed by atoms with Crippen LogP contribution in [0.25, 0.3) is 0 Å². The Morgan fingerprint density at radius 1 is 1.25 bits per heavy atom. The van der Waals surface area contributed by atoms with Crippen LogP contribution < -0.4 is 0 Å². The Hall–Kier alpha value is -0.920. The molecule has 0 spiro atoms. The van der Waals surface area contributed by atoms with E-state index < -0.39 is 11.8 Å². The van der Waals surface area contributed by atoms with Gasteiger partial charge in [-0.1, -0.05) is 26.0 Å². The second-order valence-electron chi connectivity index (χ2n) is 5.13. The predicted molar refractivity (Wildman–Crippen MR) is 61.9 cm³/mol. The number of halogens is 2. The minimum absolute atomic E-state index is 0.237. The average Bonchev–Trinajstić information content (AvgIpc) is 3.00. The maximum absolute atomic E-state index is 14.0. The molecule has 0 amide bonds. The van der Waals surface area contributed by atoms with Crippen molar-refractivity contribution in [2.24, 2.45) is 5.92 Å². The fourth-order valence-corrected chi connectivity index (χ4v) is 2.02. The third-order valence-electron chi connectivity index (χ3n) is 3.38. The van der Waals surface area contributed by atoms with Crippen LogP contribution in [0.2, 0.25) is 0 Å². The number of aryl methyl sites for hydroxylation is 1. The SMILES string of the molecule is Cc1ccc(C(C)C)cc1C(F)(F)C1CC1. The molecule has 2 rings (SSSR count). The van der Waals surface area contributed by atoms with Gasteiger partial charge in [-0.25, -0.2) is 8.78 Å².